The fourth-order valence-electron chi connectivity index (χ4n) is 3.24. The van der Waals surface area contributed by atoms with Crippen LogP contribution >= 0.6 is 0 Å². The molecule has 0 radical (unpaired) electrons. The molecule has 0 bridgehead atoms. The lowest BCUT2D eigenvalue weighted by molar-refractivity contribution is 0.0673. The lowest BCUT2D eigenvalue weighted by Gasteiger charge is -2.33. The third-order valence-corrected chi connectivity index (χ3v) is 6.11. The average Bonchev–Trinajstić information content (AvgIpc) is 2.62. The van der Waals surface area contributed by atoms with Crippen molar-refractivity contribution in [2.45, 2.75) is 24.7 Å². The number of hydrogen-bond acceptors (Lipinski definition) is 5. The number of benzene rings is 1. The molecule has 26 heavy (non-hydrogen) atoms. The van der Waals surface area contributed by atoms with Crippen molar-refractivity contribution in [2.75, 3.05) is 46.9 Å². The molecule has 2 N–H and O–H groups in total. The number of methoxy groups -OCH3 is 1. The third-order valence-electron chi connectivity index (χ3n) is 4.65. The molecule has 0 aliphatic carbocycles. The predicted octanol–water partition coefficient (Wildman–Crippen LogP) is 0.991. The standard InChI is InChI=1S/C18H29N3O4S/c1-14-6-7-16(26(23,24)20-8-10-25-3)11-17(14)18(22)21-9-4-5-15(13-21)12-19-2/h6-7,11,15,19-20H,4-5,8-10,12-13H2,1-3H3. The van der Waals surface area contributed by atoms with Crippen LogP contribution < -0.4 is 10.0 Å². The zero-order valence-electron chi connectivity index (χ0n) is 15.7. The summed E-state index contributed by atoms with van der Waals surface area (Å²) in [5.74, 6) is 0.331. The summed E-state index contributed by atoms with van der Waals surface area (Å²) in [6.07, 6.45) is 2.06. The van der Waals surface area contributed by atoms with Crippen molar-refractivity contribution < 1.29 is 17.9 Å². The van der Waals surface area contributed by atoms with Gasteiger partial charge in [0.25, 0.3) is 5.91 Å². The van der Waals surface area contributed by atoms with Gasteiger partial charge in [0.15, 0.2) is 0 Å². The number of amides is 1. The van der Waals surface area contributed by atoms with Crippen LogP contribution in [0.15, 0.2) is 23.1 Å². The minimum Gasteiger partial charge on any atom is -0.383 e. The number of carbonyl (C=O) groups excluding carboxylic acids is 1. The number of ether oxygens (including phenoxy) is 1. The van der Waals surface area contributed by atoms with Crippen LogP contribution in [0.2, 0.25) is 0 Å². The second-order valence-corrected chi connectivity index (χ2v) is 8.45. The van der Waals surface area contributed by atoms with Crippen molar-refractivity contribution in [3.63, 3.8) is 0 Å². The van der Waals surface area contributed by atoms with Crippen LogP contribution in [0, 0.1) is 12.8 Å². The maximum absolute atomic E-state index is 13.0. The summed E-state index contributed by atoms with van der Waals surface area (Å²) >= 11 is 0. The Morgan fingerprint density at radius 2 is 2.15 bits per heavy atom. The van der Waals surface area contributed by atoms with Gasteiger partial charge in [0.2, 0.25) is 10.0 Å². The predicted molar refractivity (Wildman–Crippen MR) is 101 cm³/mol. The fourth-order valence-corrected chi connectivity index (χ4v) is 4.27. The van der Waals surface area contributed by atoms with Gasteiger partial charge in [-0.3, -0.25) is 4.79 Å². The second kappa shape index (κ2) is 9.45. The SMILES string of the molecule is CNCC1CCCN(C(=O)c2cc(S(=O)(=O)NCCOC)ccc2C)C1. The molecule has 0 saturated carbocycles. The van der Waals surface area contributed by atoms with E-state index in [1.54, 1.807) is 6.07 Å². The summed E-state index contributed by atoms with van der Waals surface area (Å²) in [5.41, 5.74) is 1.23. The highest BCUT2D eigenvalue weighted by Gasteiger charge is 2.26. The van der Waals surface area contributed by atoms with E-state index in [4.69, 9.17) is 4.74 Å². The lowest BCUT2D eigenvalue weighted by Crippen LogP contribution is -2.42. The molecule has 1 heterocycles. The number of sulfonamides is 1. The highest BCUT2D eigenvalue weighted by atomic mass is 32.2. The molecule has 1 aromatic carbocycles. The highest BCUT2D eigenvalue weighted by molar-refractivity contribution is 7.89. The molecule has 7 nitrogen and oxygen atoms in total. The van der Waals surface area contributed by atoms with E-state index in [1.165, 1.54) is 19.2 Å². The fraction of sp³-hybridized carbons (Fsp3) is 0.611. The number of likely N-dealkylation sites (tertiary alicyclic amines) is 1. The lowest BCUT2D eigenvalue weighted by atomic mass is 9.97. The van der Waals surface area contributed by atoms with E-state index in [-0.39, 0.29) is 24.0 Å². The van der Waals surface area contributed by atoms with Gasteiger partial charge < -0.3 is 15.0 Å². The number of hydrogen-bond donors (Lipinski definition) is 2. The number of rotatable bonds is 8. The molecule has 8 heteroatoms. The van der Waals surface area contributed by atoms with Crippen LogP contribution in [-0.2, 0) is 14.8 Å². The van der Waals surface area contributed by atoms with E-state index >= 15 is 0 Å². The van der Waals surface area contributed by atoms with Crippen molar-refractivity contribution in [1.82, 2.24) is 14.9 Å². The number of aryl methyl sites for hydroxylation is 1. The molecule has 146 valence electrons. The van der Waals surface area contributed by atoms with Gasteiger partial charge in [-0.2, -0.15) is 0 Å². The van der Waals surface area contributed by atoms with Crippen LogP contribution in [0.4, 0.5) is 0 Å². The zero-order valence-corrected chi connectivity index (χ0v) is 16.6. The summed E-state index contributed by atoms with van der Waals surface area (Å²) in [7, 11) is -0.243. The van der Waals surface area contributed by atoms with E-state index in [0.29, 0.717) is 24.6 Å². The Labute approximate surface area is 156 Å². The first-order valence-corrected chi connectivity index (χ1v) is 10.4. The first-order valence-electron chi connectivity index (χ1n) is 8.92. The second-order valence-electron chi connectivity index (χ2n) is 6.68. The molecule has 2 rings (SSSR count). The Morgan fingerprint density at radius 1 is 1.38 bits per heavy atom. The molecule has 1 saturated heterocycles. The molecular weight excluding hydrogens is 354 g/mol. The Hall–Kier alpha value is -1.48. The van der Waals surface area contributed by atoms with Crippen molar-refractivity contribution >= 4 is 15.9 Å². The summed E-state index contributed by atoms with van der Waals surface area (Å²) in [4.78, 5) is 14.9. The van der Waals surface area contributed by atoms with Gasteiger partial charge in [-0.1, -0.05) is 6.07 Å². The minimum atomic E-state index is -3.67. The number of carbonyl (C=O) groups is 1. The monoisotopic (exact) mass is 383 g/mol. The van der Waals surface area contributed by atoms with Crippen LogP contribution in [0.1, 0.15) is 28.8 Å². The van der Waals surface area contributed by atoms with Gasteiger partial charge in [0, 0.05) is 32.3 Å². The summed E-state index contributed by atoms with van der Waals surface area (Å²) in [5, 5.41) is 3.17. The maximum Gasteiger partial charge on any atom is 0.254 e. The minimum absolute atomic E-state index is 0.0998. The van der Waals surface area contributed by atoms with E-state index < -0.39 is 10.0 Å². The largest absolute Gasteiger partial charge is 0.383 e. The molecule has 1 fully saturated rings. The van der Waals surface area contributed by atoms with E-state index in [2.05, 4.69) is 10.0 Å². The normalized spacial score (nSPS) is 18.1. The number of nitrogens with one attached hydrogen (secondary N) is 2. The van der Waals surface area contributed by atoms with Gasteiger partial charge in [-0.25, -0.2) is 13.1 Å². The van der Waals surface area contributed by atoms with Crippen molar-refractivity contribution in [3.05, 3.63) is 29.3 Å². The Morgan fingerprint density at radius 3 is 2.85 bits per heavy atom. The molecule has 1 atom stereocenters. The summed E-state index contributed by atoms with van der Waals surface area (Å²) in [6.45, 7) is 4.59. The summed E-state index contributed by atoms with van der Waals surface area (Å²) < 4.78 is 32.2. The van der Waals surface area contributed by atoms with Crippen molar-refractivity contribution in [1.29, 1.82) is 0 Å². The molecule has 1 aliphatic heterocycles. The topological polar surface area (TPSA) is 87.7 Å². The van der Waals surface area contributed by atoms with Gasteiger partial charge in [-0.15, -0.1) is 0 Å². The van der Waals surface area contributed by atoms with Gasteiger partial charge in [0.1, 0.15) is 0 Å². The maximum atomic E-state index is 13.0. The Bertz CT molecular complexity index is 719. The van der Waals surface area contributed by atoms with E-state index in [1.807, 2.05) is 18.9 Å². The zero-order chi connectivity index (χ0) is 19.2. The quantitative estimate of drug-likeness (QED) is 0.654. The molecule has 1 amide bonds. The summed E-state index contributed by atoms with van der Waals surface area (Å²) in [6, 6.07) is 4.70. The smallest absolute Gasteiger partial charge is 0.254 e. The molecule has 1 aliphatic rings. The molecule has 1 unspecified atom stereocenters. The van der Waals surface area contributed by atoms with Gasteiger partial charge >= 0.3 is 0 Å². The first-order chi connectivity index (χ1) is 12.4. The van der Waals surface area contributed by atoms with E-state index in [0.717, 1.165) is 24.9 Å². The molecule has 0 spiro atoms. The van der Waals surface area contributed by atoms with Crippen LogP contribution in [0.5, 0.6) is 0 Å². The van der Waals surface area contributed by atoms with Gasteiger partial charge in [0.05, 0.1) is 11.5 Å². The van der Waals surface area contributed by atoms with Crippen molar-refractivity contribution in [2.24, 2.45) is 5.92 Å². The van der Waals surface area contributed by atoms with Crippen LogP contribution in [0.25, 0.3) is 0 Å². The Kier molecular flexibility index (Phi) is 7.57. The van der Waals surface area contributed by atoms with E-state index in [9.17, 15) is 13.2 Å². The average molecular weight is 384 g/mol. The number of nitrogens with zero attached hydrogens (tertiary/aromatic N) is 1. The number of piperidine rings is 1. The third kappa shape index (κ3) is 5.26. The van der Waals surface area contributed by atoms with Crippen LogP contribution in [0.3, 0.4) is 0 Å². The van der Waals surface area contributed by atoms with Crippen LogP contribution in [-0.4, -0.2) is 66.2 Å². The molecule has 1 aromatic rings. The van der Waals surface area contributed by atoms with Crippen molar-refractivity contribution in [3.8, 4) is 0 Å². The first kappa shape index (κ1) is 20.8. The molecular formula is C18H29N3O4S. The Balaban J connectivity index is 2.19. The molecule has 0 aromatic heterocycles. The highest BCUT2D eigenvalue weighted by Crippen LogP contribution is 2.22. The van der Waals surface area contributed by atoms with Gasteiger partial charge in [-0.05, 0) is 57.0 Å².